The molecule has 1 N–H and O–H groups in total. The van der Waals surface area contributed by atoms with E-state index in [9.17, 15) is 0 Å². The zero-order valence-corrected chi connectivity index (χ0v) is 14.3. The van der Waals surface area contributed by atoms with Crippen molar-refractivity contribution in [1.29, 1.82) is 0 Å². The molecule has 21 heavy (non-hydrogen) atoms. The minimum Gasteiger partial charge on any atom is -0.305 e. The van der Waals surface area contributed by atoms with Crippen LogP contribution in [0.2, 0.25) is 0 Å². The van der Waals surface area contributed by atoms with Crippen molar-refractivity contribution in [3.63, 3.8) is 0 Å². The number of hydrogen-bond acceptors (Lipinski definition) is 1. The van der Waals surface area contributed by atoms with Crippen molar-refractivity contribution in [1.82, 2.24) is 5.32 Å². The van der Waals surface area contributed by atoms with E-state index in [1.54, 1.807) is 0 Å². The van der Waals surface area contributed by atoms with Gasteiger partial charge in [-0.2, -0.15) is 0 Å². The molecule has 114 valence electrons. The number of hydrogen-bond donors (Lipinski definition) is 1. The van der Waals surface area contributed by atoms with Crippen LogP contribution in [0.4, 0.5) is 0 Å². The van der Waals surface area contributed by atoms with Crippen molar-refractivity contribution in [3.8, 4) is 0 Å². The van der Waals surface area contributed by atoms with Crippen molar-refractivity contribution in [2.75, 3.05) is 0 Å². The molecule has 0 amide bonds. The lowest BCUT2D eigenvalue weighted by Gasteiger charge is -2.36. The predicted octanol–water partition coefficient (Wildman–Crippen LogP) is 5.71. The van der Waals surface area contributed by atoms with Crippen LogP contribution < -0.4 is 5.32 Å². The van der Waals surface area contributed by atoms with Crippen LogP contribution in [-0.4, -0.2) is 5.54 Å². The van der Waals surface area contributed by atoms with Gasteiger partial charge in [0.15, 0.2) is 0 Å². The summed E-state index contributed by atoms with van der Waals surface area (Å²) in [7, 11) is 0. The van der Waals surface area contributed by atoms with Gasteiger partial charge in [-0.3, -0.25) is 0 Å². The van der Waals surface area contributed by atoms with E-state index in [-0.39, 0.29) is 5.54 Å². The molecule has 0 aromatic heterocycles. The van der Waals surface area contributed by atoms with Crippen molar-refractivity contribution in [2.24, 2.45) is 5.41 Å². The van der Waals surface area contributed by atoms with Crippen molar-refractivity contribution in [2.45, 2.75) is 59.5 Å². The van der Waals surface area contributed by atoms with E-state index in [2.05, 4.69) is 89.3 Å². The summed E-state index contributed by atoms with van der Waals surface area (Å²) in [6.45, 7) is 13.8. The first-order valence-electron chi connectivity index (χ1n) is 7.93. The molecule has 0 aliphatic heterocycles. The smallest absolute Gasteiger partial charge is 0.0296 e. The third-order valence-corrected chi connectivity index (χ3v) is 3.85. The number of benzene rings is 2. The Bertz CT molecular complexity index is 605. The molecule has 2 rings (SSSR count). The molecule has 1 nitrogen and oxygen atoms in total. The highest BCUT2D eigenvalue weighted by atomic mass is 15.0. The average molecular weight is 283 g/mol. The Balaban J connectivity index is 2.16. The second-order valence-corrected chi connectivity index (χ2v) is 8.09. The minimum absolute atomic E-state index is 0.128. The van der Waals surface area contributed by atoms with E-state index in [1.165, 1.54) is 16.3 Å². The highest BCUT2D eigenvalue weighted by molar-refractivity contribution is 5.83. The Hall–Kier alpha value is -1.34. The molecule has 2 aromatic rings. The van der Waals surface area contributed by atoms with Gasteiger partial charge in [0.1, 0.15) is 0 Å². The number of rotatable bonds is 4. The van der Waals surface area contributed by atoms with E-state index >= 15 is 0 Å². The van der Waals surface area contributed by atoms with Gasteiger partial charge in [0.25, 0.3) is 0 Å². The van der Waals surface area contributed by atoms with Gasteiger partial charge in [0, 0.05) is 11.6 Å². The Morgan fingerprint density at radius 3 is 2.14 bits per heavy atom. The molecule has 0 heterocycles. The summed E-state index contributed by atoms with van der Waals surface area (Å²) in [6, 6.07) is 15.7. The van der Waals surface area contributed by atoms with Crippen LogP contribution in [0.3, 0.4) is 0 Å². The van der Waals surface area contributed by atoms with Gasteiger partial charge in [-0.25, -0.2) is 0 Å². The molecule has 0 spiro atoms. The third kappa shape index (κ3) is 4.57. The van der Waals surface area contributed by atoms with Crippen molar-refractivity contribution >= 4 is 10.8 Å². The Morgan fingerprint density at radius 2 is 1.52 bits per heavy atom. The van der Waals surface area contributed by atoms with Gasteiger partial charge in [0.2, 0.25) is 0 Å². The summed E-state index contributed by atoms with van der Waals surface area (Å²) < 4.78 is 0. The zero-order valence-electron chi connectivity index (χ0n) is 14.3. The van der Waals surface area contributed by atoms with E-state index in [0.717, 1.165) is 6.42 Å². The molecular formula is C20H29N. The van der Waals surface area contributed by atoms with Gasteiger partial charge in [0.05, 0.1) is 0 Å². The van der Waals surface area contributed by atoms with E-state index in [1.807, 2.05) is 0 Å². The van der Waals surface area contributed by atoms with E-state index < -0.39 is 0 Å². The first-order chi connectivity index (χ1) is 9.66. The largest absolute Gasteiger partial charge is 0.305 e. The number of fused-ring (bicyclic) bond motifs is 1. The fourth-order valence-electron chi connectivity index (χ4n) is 3.52. The molecule has 0 saturated carbocycles. The molecule has 1 heteroatoms. The van der Waals surface area contributed by atoms with Crippen molar-refractivity contribution in [3.05, 3.63) is 48.0 Å². The normalized spacial score (nSPS) is 14.4. The van der Waals surface area contributed by atoms with Crippen LogP contribution in [0.1, 0.15) is 59.6 Å². The average Bonchev–Trinajstić information content (AvgIpc) is 2.34. The lowest BCUT2D eigenvalue weighted by atomic mass is 9.81. The van der Waals surface area contributed by atoms with Crippen LogP contribution in [0.25, 0.3) is 10.8 Å². The summed E-state index contributed by atoms with van der Waals surface area (Å²) in [5.74, 6) is 0. The zero-order chi connectivity index (χ0) is 15.7. The number of nitrogens with one attached hydrogen (secondary N) is 1. The van der Waals surface area contributed by atoms with Gasteiger partial charge < -0.3 is 5.32 Å². The first-order valence-corrected chi connectivity index (χ1v) is 7.93. The van der Waals surface area contributed by atoms with Gasteiger partial charge >= 0.3 is 0 Å². The van der Waals surface area contributed by atoms with Crippen LogP contribution in [-0.2, 0) is 0 Å². The lowest BCUT2D eigenvalue weighted by molar-refractivity contribution is 0.227. The highest BCUT2D eigenvalue weighted by Crippen LogP contribution is 2.29. The monoisotopic (exact) mass is 283 g/mol. The standard InChI is InChI=1S/C20H29N/c1-15(21-20(5,6)14-19(2,3)4)17-12-11-16-9-7-8-10-18(16)13-17/h7-13,15,21H,14H2,1-6H3. The molecule has 0 aliphatic carbocycles. The summed E-state index contributed by atoms with van der Waals surface area (Å²) >= 11 is 0. The molecule has 1 atom stereocenters. The predicted molar refractivity (Wildman–Crippen MR) is 93.6 cm³/mol. The summed E-state index contributed by atoms with van der Waals surface area (Å²) in [5.41, 5.74) is 1.82. The summed E-state index contributed by atoms with van der Waals surface area (Å²) in [5, 5.41) is 6.42. The van der Waals surface area contributed by atoms with Crippen LogP contribution in [0.15, 0.2) is 42.5 Å². The SMILES string of the molecule is CC(NC(C)(C)CC(C)(C)C)c1ccc2ccccc2c1. The molecule has 0 fully saturated rings. The Kier molecular flexibility index (Phi) is 4.43. The van der Waals surface area contributed by atoms with E-state index in [0.29, 0.717) is 11.5 Å². The van der Waals surface area contributed by atoms with Crippen molar-refractivity contribution < 1.29 is 0 Å². The first kappa shape index (κ1) is 16.0. The maximum atomic E-state index is 3.79. The summed E-state index contributed by atoms with van der Waals surface area (Å²) in [4.78, 5) is 0. The molecular weight excluding hydrogens is 254 g/mol. The fraction of sp³-hybridized carbons (Fsp3) is 0.500. The molecule has 0 saturated heterocycles. The Labute approximate surface area is 129 Å². The van der Waals surface area contributed by atoms with Gasteiger partial charge in [-0.1, -0.05) is 57.2 Å². The quantitative estimate of drug-likeness (QED) is 0.758. The molecule has 2 aromatic carbocycles. The fourth-order valence-corrected chi connectivity index (χ4v) is 3.52. The summed E-state index contributed by atoms with van der Waals surface area (Å²) in [6.07, 6.45) is 1.15. The minimum atomic E-state index is 0.128. The molecule has 0 radical (unpaired) electrons. The second kappa shape index (κ2) is 5.81. The molecule has 1 unspecified atom stereocenters. The molecule has 0 bridgehead atoms. The van der Waals surface area contributed by atoms with Gasteiger partial charge in [-0.05, 0) is 55.0 Å². The maximum Gasteiger partial charge on any atom is 0.0296 e. The third-order valence-electron chi connectivity index (χ3n) is 3.85. The lowest BCUT2D eigenvalue weighted by Crippen LogP contribution is -2.43. The van der Waals surface area contributed by atoms with Crippen LogP contribution in [0.5, 0.6) is 0 Å². The Morgan fingerprint density at radius 1 is 0.905 bits per heavy atom. The molecule has 0 aliphatic rings. The highest BCUT2D eigenvalue weighted by Gasteiger charge is 2.26. The second-order valence-electron chi connectivity index (χ2n) is 8.09. The van der Waals surface area contributed by atoms with Crippen LogP contribution in [0, 0.1) is 5.41 Å². The van der Waals surface area contributed by atoms with Crippen LogP contribution >= 0.6 is 0 Å². The van der Waals surface area contributed by atoms with E-state index in [4.69, 9.17) is 0 Å². The maximum absolute atomic E-state index is 3.79. The van der Waals surface area contributed by atoms with Gasteiger partial charge in [-0.15, -0.1) is 0 Å². The topological polar surface area (TPSA) is 12.0 Å².